The molecule has 3 nitrogen and oxygen atoms in total. The van der Waals surface area contributed by atoms with Gasteiger partial charge in [0.15, 0.2) is 0 Å². The molecule has 1 N–H and O–H groups in total. The number of aryl methyl sites for hydroxylation is 2. The second kappa shape index (κ2) is 8.95. The summed E-state index contributed by atoms with van der Waals surface area (Å²) in [5, 5.41) is 3.40. The Hall–Kier alpha value is -2.94. The molecule has 3 heteroatoms. The number of benzene rings is 3. The molecular formula is C23H25NO2. The molecule has 3 aromatic carbocycles. The minimum Gasteiger partial charge on any atom is -0.492 e. The fourth-order valence-electron chi connectivity index (χ4n) is 2.63. The van der Waals surface area contributed by atoms with Crippen LogP contribution in [0.1, 0.15) is 16.7 Å². The van der Waals surface area contributed by atoms with Crippen molar-refractivity contribution in [2.75, 3.05) is 18.5 Å². The molecule has 0 aliphatic rings. The third kappa shape index (κ3) is 5.03. The highest BCUT2D eigenvalue weighted by atomic mass is 16.5. The molecule has 134 valence electrons. The smallest absolute Gasteiger partial charge is 0.142 e. The van der Waals surface area contributed by atoms with Crippen LogP contribution < -0.4 is 14.8 Å². The number of nitrogens with one attached hydrogen (secondary N) is 1. The Morgan fingerprint density at radius 2 is 1.54 bits per heavy atom. The Balaban J connectivity index is 1.50. The number of rotatable bonds is 8. The minimum absolute atomic E-state index is 0.554. The van der Waals surface area contributed by atoms with E-state index in [1.807, 2.05) is 48.5 Å². The maximum atomic E-state index is 5.96. The highest BCUT2D eigenvalue weighted by Crippen LogP contribution is 2.24. The van der Waals surface area contributed by atoms with E-state index in [0.29, 0.717) is 19.8 Å². The van der Waals surface area contributed by atoms with Crippen molar-refractivity contribution >= 4 is 5.69 Å². The zero-order valence-electron chi connectivity index (χ0n) is 15.4. The summed E-state index contributed by atoms with van der Waals surface area (Å²) in [5.41, 5.74) is 4.66. The quantitative estimate of drug-likeness (QED) is 0.555. The van der Waals surface area contributed by atoms with Crippen molar-refractivity contribution in [1.82, 2.24) is 0 Å². The lowest BCUT2D eigenvalue weighted by molar-refractivity contribution is 0.306. The summed E-state index contributed by atoms with van der Waals surface area (Å²) in [4.78, 5) is 0. The predicted octanol–water partition coefficient (Wildman–Crippen LogP) is 5.37. The van der Waals surface area contributed by atoms with Gasteiger partial charge in [-0.25, -0.2) is 0 Å². The van der Waals surface area contributed by atoms with Gasteiger partial charge in [0.1, 0.15) is 24.7 Å². The molecule has 0 aromatic heterocycles. The molecule has 0 atom stereocenters. The van der Waals surface area contributed by atoms with E-state index < -0.39 is 0 Å². The largest absolute Gasteiger partial charge is 0.492 e. The van der Waals surface area contributed by atoms with Gasteiger partial charge < -0.3 is 14.8 Å². The number of hydrogen-bond donors (Lipinski definition) is 1. The van der Waals surface area contributed by atoms with Gasteiger partial charge in [-0.15, -0.1) is 0 Å². The van der Waals surface area contributed by atoms with E-state index in [2.05, 4.69) is 43.4 Å². The molecule has 0 aliphatic heterocycles. The molecular weight excluding hydrogens is 322 g/mol. The second-order valence-corrected chi connectivity index (χ2v) is 6.29. The molecule has 0 saturated carbocycles. The number of anilines is 1. The average molecular weight is 347 g/mol. The van der Waals surface area contributed by atoms with Gasteiger partial charge in [0.2, 0.25) is 0 Å². The van der Waals surface area contributed by atoms with Crippen LogP contribution in [0, 0.1) is 13.8 Å². The van der Waals surface area contributed by atoms with E-state index >= 15 is 0 Å². The first-order valence-corrected chi connectivity index (χ1v) is 8.92. The summed E-state index contributed by atoms with van der Waals surface area (Å²) < 4.78 is 11.8. The summed E-state index contributed by atoms with van der Waals surface area (Å²) in [6, 6.07) is 24.3. The van der Waals surface area contributed by atoms with Gasteiger partial charge in [-0.05, 0) is 54.8 Å². The Morgan fingerprint density at radius 3 is 2.35 bits per heavy atom. The van der Waals surface area contributed by atoms with Gasteiger partial charge in [0.25, 0.3) is 0 Å². The van der Waals surface area contributed by atoms with Crippen molar-refractivity contribution in [2.24, 2.45) is 0 Å². The van der Waals surface area contributed by atoms with Crippen LogP contribution in [0.5, 0.6) is 11.5 Å². The SMILES string of the molecule is Cc1ccc(OCCNc2ccccc2OCc2ccccc2)cc1C. The molecule has 0 heterocycles. The number of hydrogen-bond acceptors (Lipinski definition) is 3. The van der Waals surface area contributed by atoms with Gasteiger partial charge in [0.05, 0.1) is 5.69 Å². The Labute approximate surface area is 155 Å². The first-order valence-electron chi connectivity index (χ1n) is 8.92. The number of ether oxygens (including phenoxy) is 2. The molecule has 3 rings (SSSR count). The minimum atomic E-state index is 0.554. The Morgan fingerprint density at radius 1 is 0.769 bits per heavy atom. The lowest BCUT2D eigenvalue weighted by atomic mass is 10.1. The van der Waals surface area contributed by atoms with E-state index in [1.54, 1.807) is 0 Å². The van der Waals surface area contributed by atoms with E-state index in [1.165, 1.54) is 11.1 Å². The maximum absolute atomic E-state index is 5.96. The zero-order chi connectivity index (χ0) is 18.2. The number of para-hydroxylation sites is 2. The van der Waals surface area contributed by atoms with Gasteiger partial charge in [-0.2, -0.15) is 0 Å². The third-order valence-electron chi connectivity index (χ3n) is 4.29. The lowest BCUT2D eigenvalue weighted by Crippen LogP contribution is -2.12. The molecule has 0 amide bonds. The molecule has 0 radical (unpaired) electrons. The Bertz CT molecular complexity index is 831. The normalized spacial score (nSPS) is 10.4. The summed E-state index contributed by atoms with van der Waals surface area (Å²) in [7, 11) is 0. The maximum Gasteiger partial charge on any atom is 0.142 e. The van der Waals surface area contributed by atoms with Gasteiger partial charge in [-0.1, -0.05) is 48.5 Å². The predicted molar refractivity (Wildman–Crippen MR) is 107 cm³/mol. The highest BCUT2D eigenvalue weighted by molar-refractivity contribution is 5.56. The van der Waals surface area contributed by atoms with Crippen LogP contribution in [-0.2, 0) is 6.61 Å². The van der Waals surface area contributed by atoms with Crippen LogP contribution in [0.25, 0.3) is 0 Å². The first-order chi connectivity index (χ1) is 12.7. The van der Waals surface area contributed by atoms with Crippen LogP contribution >= 0.6 is 0 Å². The molecule has 0 saturated heterocycles. The van der Waals surface area contributed by atoms with Crippen molar-refractivity contribution in [3.8, 4) is 11.5 Å². The summed E-state index contributed by atoms with van der Waals surface area (Å²) in [5.74, 6) is 1.76. The zero-order valence-corrected chi connectivity index (χ0v) is 15.4. The lowest BCUT2D eigenvalue weighted by Gasteiger charge is -2.14. The summed E-state index contributed by atoms with van der Waals surface area (Å²) in [6.45, 7) is 6.06. The molecule has 0 fully saturated rings. The van der Waals surface area contributed by atoms with Crippen LogP contribution in [0.4, 0.5) is 5.69 Å². The van der Waals surface area contributed by atoms with Crippen LogP contribution in [0.2, 0.25) is 0 Å². The molecule has 26 heavy (non-hydrogen) atoms. The molecule has 0 aliphatic carbocycles. The van der Waals surface area contributed by atoms with Crippen molar-refractivity contribution < 1.29 is 9.47 Å². The Kier molecular flexibility index (Phi) is 6.15. The average Bonchev–Trinajstić information content (AvgIpc) is 2.68. The van der Waals surface area contributed by atoms with Crippen LogP contribution in [-0.4, -0.2) is 13.2 Å². The van der Waals surface area contributed by atoms with E-state index in [4.69, 9.17) is 9.47 Å². The molecule has 3 aromatic rings. The second-order valence-electron chi connectivity index (χ2n) is 6.29. The van der Waals surface area contributed by atoms with Gasteiger partial charge in [-0.3, -0.25) is 0 Å². The fraction of sp³-hybridized carbons (Fsp3) is 0.217. The molecule has 0 unspecified atom stereocenters. The van der Waals surface area contributed by atoms with Crippen molar-refractivity contribution in [3.05, 3.63) is 89.5 Å². The van der Waals surface area contributed by atoms with Crippen LogP contribution in [0.3, 0.4) is 0 Å². The van der Waals surface area contributed by atoms with Crippen molar-refractivity contribution in [1.29, 1.82) is 0 Å². The monoisotopic (exact) mass is 347 g/mol. The van der Waals surface area contributed by atoms with Crippen molar-refractivity contribution in [3.63, 3.8) is 0 Å². The van der Waals surface area contributed by atoms with E-state index in [9.17, 15) is 0 Å². The van der Waals surface area contributed by atoms with Gasteiger partial charge >= 0.3 is 0 Å². The summed E-state index contributed by atoms with van der Waals surface area (Å²) in [6.07, 6.45) is 0. The van der Waals surface area contributed by atoms with Gasteiger partial charge in [0, 0.05) is 6.54 Å². The molecule has 0 spiro atoms. The van der Waals surface area contributed by atoms with Crippen molar-refractivity contribution in [2.45, 2.75) is 20.5 Å². The van der Waals surface area contributed by atoms with E-state index in [-0.39, 0.29) is 0 Å². The van der Waals surface area contributed by atoms with E-state index in [0.717, 1.165) is 22.7 Å². The molecule has 0 bridgehead atoms. The standard InChI is InChI=1S/C23H25NO2/c1-18-12-13-21(16-19(18)2)25-15-14-24-22-10-6-7-11-23(22)26-17-20-8-4-3-5-9-20/h3-13,16,24H,14-15,17H2,1-2H3. The first kappa shape index (κ1) is 17.9. The third-order valence-corrected chi connectivity index (χ3v) is 4.29. The fourth-order valence-corrected chi connectivity index (χ4v) is 2.63. The highest BCUT2D eigenvalue weighted by Gasteiger charge is 2.03. The van der Waals surface area contributed by atoms with Crippen LogP contribution in [0.15, 0.2) is 72.8 Å². The topological polar surface area (TPSA) is 30.5 Å². The summed E-state index contributed by atoms with van der Waals surface area (Å²) >= 11 is 0.